The van der Waals surface area contributed by atoms with Gasteiger partial charge in [-0.2, -0.15) is 0 Å². The van der Waals surface area contributed by atoms with E-state index >= 15 is 0 Å². The van der Waals surface area contributed by atoms with E-state index in [-0.39, 0.29) is 0 Å². The Bertz CT molecular complexity index is 353. The molecule has 1 aliphatic rings. The quantitative estimate of drug-likeness (QED) is 0.915. The van der Waals surface area contributed by atoms with E-state index in [1.807, 2.05) is 11.3 Å². The number of piperazine rings is 1. The normalized spacial score (nSPS) is 26.3. The van der Waals surface area contributed by atoms with Crippen LogP contribution in [0.1, 0.15) is 31.6 Å². The molecule has 96 valence electrons. The van der Waals surface area contributed by atoms with Crippen molar-refractivity contribution in [1.82, 2.24) is 10.2 Å². The van der Waals surface area contributed by atoms with Gasteiger partial charge in [0.2, 0.25) is 0 Å². The SMILES string of the molecule is CCCC1CNC(C)CN1Cc1cc(Br)cs1. The Hall–Kier alpha value is 0.1000. The molecular weight excluding hydrogens is 296 g/mol. The van der Waals surface area contributed by atoms with E-state index in [0.29, 0.717) is 12.1 Å². The van der Waals surface area contributed by atoms with Gasteiger partial charge in [-0.25, -0.2) is 0 Å². The summed E-state index contributed by atoms with van der Waals surface area (Å²) in [5, 5.41) is 5.77. The minimum absolute atomic E-state index is 0.617. The summed E-state index contributed by atoms with van der Waals surface area (Å²) in [4.78, 5) is 4.11. The number of nitrogens with one attached hydrogen (secondary N) is 1. The van der Waals surface area contributed by atoms with Gasteiger partial charge < -0.3 is 5.32 Å². The van der Waals surface area contributed by atoms with Crippen molar-refractivity contribution in [2.75, 3.05) is 13.1 Å². The molecule has 2 heterocycles. The second-order valence-electron chi connectivity index (χ2n) is 4.91. The first kappa shape index (κ1) is 13.5. The van der Waals surface area contributed by atoms with Crippen LogP contribution in [0.4, 0.5) is 0 Å². The fourth-order valence-electron chi connectivity index (χ4n) is 2.48. The van der Waals surface area contributed by atoms with Gasteiger partial charge in [0.25, 0.3) is 0 Å². The van der Waals surface area contributed by atoms with E-state index in [1.165, 1.54) is 28.7 Å². The van der Waals surface area contributed by atoms with E-state index in [9.17, 15) is 0 Å². The number of halogens is 1. The third-order valence-corrected chi connectivity index (χ3v) is 5.01. The molecule has 2 rings (SSSR count). The summed E-state index contributed by atoms with van der Waals surface area (Å²) in [6.45, 7) is 7.96. The standard InChI is InChI=1S/C13H21BrN2S/c1-3-4-12-6-15-10(2)7-16(12)8-13-5-11(14)9-17-13/h5,9-10,12,15H,3-4,6-8H2,1-2H3. The lowest BCUT2D eigenvalue weighted by atomic mass is 10.1. The summed E-state index contributed by atoms with van der Waals surface area (Å²) < 4.78 is 1.22. The van der Waals surface area contributed by atoms with Gasteiger partial charge in [0.1, 0.15) is 0 Å². The Morgan fingerprint density at radius 2 is 2.41 bits per heavy atom. The Morgan fingerprint density at radius 3 is 3.06 bits per heavy atom. The predicted octanol–water partition coefficient (Wildman–Crippen LogP) is 3.47. The molecular formula is C13H21BrN2S. The summed E-state index contributed by atoms with van der Waals surface area (Å²) in [5.41, 5.74) is 0. The zero-order valence-corrected chi connectivity index (χ0v) is 13.0. The van der Waals surface area contributed by atoms with Gasteiger partial charge in [0.15, 0.2) is 0 Å². The molecule has 2 atom stereocenters. The molecule has 2 unspecified atom stereocenters. The third-order valence-electron chi connectivity index (χ3n) is 3.33. The summed E-state index contributed by atoms with van der Waals surface area (Å²) >= 11 is 5.39. The maximum absolute atomic E-state index is 3.59. The van der Waals surface area contributed by atoms with E-state index in [1.54, 1.807) is 0 Å². The van der Waals surface area contributed by atoms with Crippen LogP contribution in [0.25, 0.3) is 0 Å². The first-order valence-corrected chi connectivity index (χ1v) is 8.06. The number of hydrogen-bond acceptors (Lipinski definition) is 3. The summed E-state index contributed by atoms with van der Waals surface area (Å²) in [6.07, 6.45) is 2.57. The molecule has 1 fully saturated rings. The second kappa shape index (κ2) is 6.32. The van der Waals surface area contributed by atoms with E-state index < -0.39 is 0 Å². The first-order valence-electron chi connectivity index (χ1n) is 6.39. The van der Waals surface area contributed by atoms with Crippen LogP contribution in [0, 0.1) is 0 Å². The van der Waals surface area contributed by atoms with E-state index in [0.717, 1.165) is 13.1 Å². The van der Waals surface area contributed by atoms with Gasteiger partial charge in [-0.3, -0.25) is 4.90 Å². The van der Waals surface area contributed by atoms with Gasteiger partial charge >= 0.3 is 0 Å². The number of nitrogens with zero attached hydrogens (tertiary/aromatic N) is 1. The lowest BCUT2D eigenvalue weighted by Gasteiger charge is -2.39. The van der Waals surface area contributed by atoms with Crippen LogP contribution in [-0.4, -0.2) is 30.1 Å². The van der Waals surface area contributed by atoms with Crippen molar-refractivity contribution in [1.29, 1.82) is 0 Å². The van der Waals surface area contributed by atoms with Crippen molar-refractivity contribution in [3.8, 4) is 0 Å². The molecule has 0 amide bonds. The highest BCUT2D eigenvalue weighted by Crippen LogP contribution is 2.23. The minimum Gasteiger partial charge on any atom is -0.311 e. The molecule has 2 nitrogen and oxygen atoms in total. The van der Waals surface area contributed by atoms with Crippen LogP contribution in [-0.2, 0) is 6.54 Å². The Balaban J connectivity index is 1.99. The molecule has 0 aliphatic carbocycles. The van der Waals surface area contributed by atoms with Gasteiger partial charge in [-0.05, 0) is 35.3 Å². The molecule has 0 aromatic carbocycles. The van der Waals surface area contributed by atoms with E-state index in [2.05, 4.69) is 51.4 Å². The second-order valence-corrected chi connectivity index (χ2v) is 6.82. The van der Waals surface area contributed by atoms with Crippen LogP contribution in [0.2, 0.25) is 0 Å². The zero-order valence-electron chi connectivity index (χ0n) is 10.6. The fraction of sp³-hybridized carbons (Fsp3) is 0.692. The average Bonchev–Trinajstić information content (AvgIpc) is 2.68. The first-order chi connectivity index (χ1) is 8.19. The molecule has 1 saturated heterocycles. The van der Waals surface area contributed by atoms with Crippen LogP contribution < -0.4 is 5.32 Å². The van der Waals surface area contributed by atoms with Crippen molar-refractivity contribution >= 4 is 27.3 Å². The molecule has 0 bridgehead atoms. The Labute approximate surface area is 117 Å². The van der Waals surface area contributed by atoms with Crippen molar-refractivity contribution in [3.63, 3.8) is 0 Å². The highest BCUT2D eigenvalue weighted by molar-refractivity contribution is 9.10. The molecule has 17 heavy (non-hydrogen) atoms. The van der Waals surface area contributed by atoms with Crippen molar-refractivity contribution in [3.05, 3.63) is 20.8 Å². The molecule has 1 aromatic heterocycles. The third kappa shape index (κ3) is 3.78. The maximum atomic E-state index is 3.59. The summed E-state index contributed by atoms with van der Waals surface area (Å²) in [5.74, 6) is 0. The van der Waals surface area contributed by atoms with Crippen LogP contribution in [0.3, 0.4) is 0 Å². The smallest absolute Gasteiger partial charge is 0.0332 e. The maximum Gasteiger partial charge on any atom is 0.0332 e. The fourth-order valence-corrected chi connectivity index (χ4v) is 3.96. The number of rotatable bonds is 4. The lowest BCUT2D eigenvalue weighted by molar-refractivity contribution is 0.121. The molecule has 4 heteroatoms. The van der Waals surface area contributed by atoms with Crippen LogP contribution >= 0.6 is 27.3 Å². The molecule has 0 radical (unpaired) electrons. The topological polar surface area (TPSA) is 15.3 Å². The molecule has 1 aromatic rings. The molecule has 0 saturated carbocycles. The predicted molar refractivity (Wildman–Crippen MR) is 78.6 cm³/mol. The highest BCUT2D eigenvalue weighted by atomic mass is 79.9. The highest BCUT2D eigenvalue weighted by Gasteiger charge is 2.25. The van der Waals surface area contributed by atoms with Crippen molar-refractivity contribution < 1.29 is 0 Å². The summed E-state index contributed by atoms with van der Waals surface area (Å²) in [7, 11) is 0. The molecule has 1 N–H and O–H groups in total. The monoisotopic (exact) mass is 316 g/mol. The van der Waals surface area contributed by atoms with Gasteiger partial charge in [0, 0.05) is 46.4 Å². The van der Waals surface area contributed by atoms with Crippen LogP contribution in [0.5, 0.6) is 0 Å². The average molecular weight is 317 g/mol. The number of thiophene rings is 1. The molecule has 1 aliphatic heterocycles. The summed E-state index contributed by atoms with van der Waals surface area (Å²) in [6, 6.07) is 3.57. The van der Waals surface area contributed by atoms with Crippen molar-refractivity contribution in [2.45, 2.75) is 45.3 Å². The van der Waals surface area contributed by atoms with Gasteiger partial charge in [0.05, 0.1) is 0 Å². The van der Waals surface area contributed by atoms with Gasteiger partial charge in [-0.1, -0.05) is 13.3 Å². The van der Waals surface area contributed by atoms with Crippen LogP contribution in [0.15, 0.2) is 15.9 Å². The van der Waals surface area contributed by atoms with Gasteiger partial charge in [-0.15, -0.1) is 11.3 Å². The van der Waals surface area contributed by atoms with E-state index in [4.69, 9.17) is 0 Å². The Kier molecular flexibility index (Phi) is 5.03. The lowest BCUT2D eigenvalue weighted by Crippen LogP contribution is -2.54. The zero-order chi connectivity index (χ0) is 12.3. The minimum atomic E-state index is 0.617. The Morgan fingerprint density at radius 1 is 1.59 bits per heavy atom. The largest absolute Gasteiger partial charge is 0.311 e. The molecule has 0 spiro atoms. The number of hydrogen-bond donors (Lipinski definition) is 1. The van der Waals surface area contributed by atoms with Crippen molar-refractivity contribution in [2.24, 2.45) is 0 Å².